The minimum atomic E-state index is 0.186. The second kappa shape index (κ2) is 4.49. The number of nitriles is 1. The van der Waals surface area contributed by atoms with Gasteiger partial charge in [0.1, 0.15) is 17.5 Å². The van der Waals surface area contributed by atoms with Gasteiger partial charge >= 0.3 is 0 Å². The molecule has 2 aromatic rings. The van der Waals surface area contributed by atoms with Gasteiger partial charge in [0.05, 0.1) is 5.69 Å². The van der Waals surface area contributed by atoms with Crippen LogP contribution in [0.15, 0.2) is 30.3 Å². The Bertz CT molecular complexity index is 571. The van der Waals surface area contributed by atoms with E-state index in [2.05, 4.69) is 15.3 Å². The first-order chi connectivity index (χ1) is 8.26. The number of hydrogen-bond acceptors (Lipinski definition) is 5. The molecule has 1 aromatic carbocycles. The zero-order chi connectivity index (χ0) is 12.3. The Kier molecular flexibility index (Phi) is 2.88. The van der Waals surface area contributed by atoms with Crippen LogP contribution in [0.3, 0.4) is 0 Å². The standard InChI is InChI=1S/C12H11N5/c1-15-12-16-10(8-5-3-2-4-6-8)9(7-13)11(14)17-12/h2-6H,1H3,(H3,14,15,16,17). The molecule has 17 heavy (non-hydrogen) atoms. The molecule has 0 aliphatic rings. The van der Waals surface area contributed by atoms with Crippen LogP contribution in [-0.2, 0) is 0 Å². The summed E-state index contributed by atoms with van der Waals surface area (Å²) >= 11 is 0. The Morgan fingerprint density at radius 3 is 2.53 bits per heavy atom. The van der Waals surface area contributed by atoms with Crippen molar-refractivity contribution in [1.82, 2.24) is 9.97 Å². The van der Waals surface area contributed by atoms with Crippen LogP contribution in [0.2, 0.25) is 0 Å². The lowest BCUT2D eigenvalue weighted by molar-refractivity contribution is 1.15. The topological polar surface area (TPSA) is 87.6 Å². The van der Waals surface area contributed by atoms with Crippen LogP contribution in [0.25, 0.3) is 11.3 Å². The highest BCUT2D eigenvalue weighted by Crippen LogP contribution is 2.25. The summed E-state index contributed by atoms with van der Waals surface area (Å²) in [5.41, 5.74) is 7.42. The van der Waals surface area contributed by atoms with Crippen LogP contribution in [0.5, 0.6) is 0 Å². The molecule has 0 bridgehead atoms. The molecule has 3 N–H and O–H groups in total. The number of nitrogens with two attached hydrogens (primary N) is 1. The maximum atomic E-state index is 9.09. The first-order valence-corrected chi connectivity index (χ1v) is 5.07. The van der Waals surface area contributed by atoms with Crippen LogP contribution < -0.4 is 11.1 Å². The number of nitrogens with zero attached hydrogens (tertiary/aromatic N) is 3. The zero-order valence-corrected chi connectivity index (χ0v) is 9.31. The fourth-order valence-electron chi connectivity index (χ4n) is 1.51. The number of benzene rings is 1. The van der Waals surface area contributed by atoms with Crippen molar-refractivity contribution in [2.24, 2.45) is 0 Å². The molecule has 0 amide bonds. The van der Waals surface area contributed by atoms with Crippen LogP contribution >= 0.6 is 0 Å². The van der Waals surface area contributed by atoms with Gasteiger partial charge in [-0.15, -0.1) is 0 Å². The van der Waals surface area contributed by atoms with Crippen molar-refractivity contribution in [3.63, 3.8) is 0 Å². The van der Waals surface area contributed by atoms with Crippen molar-refractivity contribution in [2.75, 3.05) is 18.1 Å². The van der Waals surface area contributed by atoms with E-state index in [1.54, 1.807) is 7.05 Å². The minimum Gasteiger partial charge on any atom is -0.382 e. The van der Waals surface area contributed by atoms with E-state index in [0.29, 0.717) is 17.2 Å². The summed E-state index contributed by atoms with van der Waals surface area (Å²) in [7, 11) is 1.70. The molecule has 0 atom stereocenters. The van der Waals surface area contributed by atoms with Gasteiger partial charge in [-0.05, 0) is 0 Å². The number of anilines is 2. The van der Waals surface area contributed by atoms with Gasteiger partial charge in [-0.25, -0.2) is 4.98 Å². The second-order valence-electron chi connectivity index (χ2n) is 3.38. The van der Waals surface area contributed by atoms with Gasteiger partial charge in [0.15, 0.2) is 0 Å². The van der Waals surface area contributed by atoms with Crippen molar-refractivity contribution < 1.29 is 0 Å². The summed E-state index contributed by atoms with van der Waals surface area (Å²) in [5, 5.41) is 11.9. The van der Waals surface area contributed by atoms with Crippen LogP contribution in [0.1, 0.15) is 5.56 Å². The predicted molar refractivity (Wildman–Crippen MR) is 66.1 cm³/mol. The molecule has 0 fully saturated rings. The maximum Gasteiger partial charge on any atom is 0.225 e. The number of rotatable bonds is 2. The summed E-state index contributed by atoms with van der Waals surface area (Å²) in [6, 6.07) is 11.5. The molecule has 5 nitrogen and oxygen atoms in total. The maximum absolute atomic E-state index is 9.09. The molecule has 0 spiro atoms. The van der Waals surface area contributed by atoms with E-state index in [-0.39, 0.29) is 5.82 Å². The monoisotopic (exact) mass is 225 g/mol. The van der Waals surface area contributed by atoms with Gasteiger partial charge in [-0.1, -0.05) is 30.3 Å². The van der Waals surface area contributed by atoms with Crippen molar-refractivity contribution in [2.45, 2.75) is 0 Å². The van der Waals surface area contributed by atoms with E-state index in [0.717, 1.165) is 5.56 Å². The zero-order valence-electron chi connectivity index (χ0n) is 9.31. The minimum absolute atomic E-state index is 0.186. The Morgan fingerprint density at radius 1 is 1.24 bits per heavy atom. The normalized spacial score (nSPS) is 9.65. The molecule has 5 heteroatoms. The van der Waals surface area contributed by atoms with Gasteiger partial charge in [-0.3, -0.25) is 0 Å². The average molecular weight is 225 g/mol. The van der Waals surface area contributed by atoms with Crippen LogP contribution in [-0.4, -0.2) is 17.0 Å². The smallest absolute Gasteiger partial charge is 0.225 e. The van der Waals surface area contributed by atoms with Crippen molar-refractivity contribution in [3.05, 3.63) is 35.9 Å². The molecule has 0 saturated carbocycles. The molecular formula is C12H11N5. The Morgan fingerprint density at radius 2 is 1.94 bits per heavy atom. The first-order valence-electron chi connectivity index (χ1n) is 5.07. The third kappa shape index (κ3) is 2.01. The Balaban J connectivity index is 2.68. The van der Waals surface area contributed by atoms with Gasteiger partial charge in [0.2, 0.25) is 5.95 Å². The lowest BCUT2D eigenvalue weighted by atomic mass is 10.1. The highest BCUT2D eigenvalue weighted by molar-refractivity contribution is 5.73. The van der Waals surface area contributed by atoms with E-state index in [1.165, 1.54) is 0 Å². The Labute approximate surface area is 98.9 Å². The summed E-state index contributed by atoms with van der Waals surface area (Å²) in [6.07, 6.45) is 0. The largest absolute Gasteiger partial charge is 0.382 e. The van der Waals surface area contributed by atoms with Crippen molar-refractivity contribution >= 4 is 11.8 Å². The fraction of sp³-hybridized carbons (Fsp3) is 0.0833. The fourth-order valence-corrected chi connectivity index (χ4v) is 1.51. The van der Waals surface area contributed by atoms with Crippen LogP contribution in [0, 0.1) is 11.3 Å². The first kappa shape index (κ1) is 10.9. The number of hydrogen-bond donors (Lipinski definition) is 2. The third-order valence-electron chi connectivity index (χ3n) is 2.32. The summed E-state index contributed by atoms with van der Waals surface area (Å²) in [5.74, 6) is 0.589. The SMILES string of the molecule is CNc1nc(N)c(C#N)c(-c2ccccc2)n1. The molecule has 1 aromatic heterocycles. The average Bonchev–Trinajstić information content (AvgIpc) is 2.38. The molecule has 0 unspecified atom stereocenters. The van der Waals surface area contributed by atoms with Crippen molar-refractivity contribution in [1.29, 1.82) is 5.26 Å². The third-order valence-corrected chi connectivity index (χ3v) is 2.32. The quantitative estimate of drug-likeness (QED) is 0.811. The van der Waals surface area contributed by atoms with Gasteiger partial charge in [0.25, 0.3) is 0 Å². The molecule has 1 heterocycles. The van der Waals surface area contributed by atoms with E-state index in [4.69, 9.17) is 11.0 Å². The molecule has 0 aliphatic carbocycles. The Hall–Kier alpha value is -2.61. The molecule has 0 aliphatic heterocycles. The molecule has 2 rings (SSSR count). The highest BCUT2D eigenvalue weighted by atomic mass is 15.1. The van der Waals surface area contributed by atoms with E-state index in [1.807, 2.05) is 36.4 Å². The van der Waals surface area contributed by atoms with Gasteiger partial charge in [0, 0.05) is 12.6 Å². The summed E-state index contributed by atoms with van der Waals surface area (Å²) < 4.78 is 0. The second-order valence-corrected chi connectivity index (χ2v) is 3.38. The number of nitrogens with one attached hydrogen (secondary N) is 1. The lowest BCUT2D eigenvalue weighted by Crippen LogP contribution is -2.05. The van der Waals surface area contributed by atoms with Gasteiger partial charge in [-0.2, -0.15) is 10.2 Å². The predicted octanol–water partition coefficient (Wildman–Crippen LogP) is 1.64. The van der Waals surface area contributed by atoms with Crippen molar-refractivity contribution in [3.8, 4) is 17.3 Å². The molecule has 84 valence electrons. The number of aromatic nitrogens is 2. The lowest BCUT2D eigenvalue weighted by Gasteiger charge is -2.07. The highest BCUT2D eigenvalue weighted by Gasteiger charge is 2.12. The van der Waals surface area contributed by atoms with E-state index < -0.39 is 0 Å². The molecular weight excluding hydrogens is 214 g/mol. The summed E-state index contributed by atoms with van der Waals surface area (Å²) in [4.78, 5) is 8.25. The van der Waals surface area contributed by atoms with Gasteiger partial charge < -0.3 is 11.1 Å². The van der Waals surface area contributed by atoms with E-state index >= 15 is 0 Å². The molecule has 0 saturated heterocycles. The summed E-state index contributed by atoms with van der Waals surface area (Å²) in [6.45, 7) is 0. The molecule has 0 radical (unpaired) electrons. The number of nitrogen functional groups attached to an aromatic ring is 1. The van der Waals surface area contributed by atoms with Crippen LogP contribution in [0.4, 0.5) is 11.8 Å². The van der Waals surface area contributed by atoms with E-state index in [9.17, 15) is 0 Å².